The van der Waals surface area contributed by atoms with E-state index < -0.39 is 0 Å². The molecule has 0 spiro atoms. The van der Waals surface area contributed by atoms with E-state index in [2.05, 4.69) is 5.32 Å². The number of carbonyl (C=O) groups excluding carboxylic acids is 1. The lowest BCUT2D eigenvalue weighted by molar-refractivity contribution is 0.0886. The van der Waals surface area contributed by atoms with Gasteiger partial charge in [0, 0.05) is 35.8 Å². The quantitative estimate of drug-likeness (QED) is 0.858. The molecule has 2 N–H and O–H groups in total. The third-order valence-electron chi connectivity index (χ3n) is 3.89. The van der Waals surface area contributed by atoms with Crippen molar-refractivity contribution < 1.29 is 9.90 Å². The number of hydrogen-bond donors (Lipinski definition) is 2. The van der Waals surface area contributed by atoms with E-state index >= 15 is 0 Å². The Bertz CT molecular complexity index is 575. The van der Waals surface area contributed by atoms with Gasteiger partial charge in [-0.1, -0.05) is 6.92 Å². The summed E-state index contributed by atoms with van der Waals surface area (Å²) in [7, 11) is 0. The summed E-state index contributed by atoms with van der Waals surface area (Å²) in [6, 6.07) is 11.4. The molecule has 1 aromatic carbocycles. The van der Waals surface area contributed by atoms with Crippen molar-refractivity contribution in [2.24, 2.45) is 0 Å². The van der Waals surface area contributed by atoms with E-state index in [1.165, 1.54) is 0 Å². The molecule has 0 saturated carbocycles. The molecule has 2 rings (SSSR count). The maximum absolute atomic E-state index is 12.3. The van der Waals surface area contributed by atoms with Crippen LogP contribution in [0.25, 0.3) is 5.69 Å². The van der Waals surface area contributed by atoms with E-state index in [0.717, 1.165) is 12.1 Å². The van der Waals surface area contributed by atoms with Crippen LogP contribution in [0.1, 0.15) is 37.0 Å². The maximum atomic E-state index is 12.3. The number of aliphatic hydroxyl groups is 1. The number of aromatic nitrogens is 1. The van der Waals surface area contributed by atoms with Crippen molar-refractivity contribution in [3.05, 3.63) is 54.4 Å². The third-order valence-corrected chi connectivity index (χ3v) is 3.89. The first-order valence-electron chi connectivity index (χ1n) is 7.25. The highest BCUT2D eigenvalue weighted by Gasteiger charge is 2.24. The Labute approximate surface area is 125 Å². The molecule has 0 bridgehead atoms. The Morgan fingerprint density at radius 1 is 1.24 bits per heavy atom. The molecule has 112 valence electrons. The van der Waals surface area contributed by atoms with Crippen LogP contribution in [0.5, 0.6) is 0 Å². The lowest BCUT2D eigenvalue weighted by Gasteiger charge is -2.29. The predicted octanol–water partition coefficient (Wildman–Crippen LogP) is 2.76. The fourth-order valence-electron chi connectivity index (χ4n) is 2.21. The molecule has 0 aliphatic heterocycles. The fraction of sp³-hybridized carbons (Fsp3) is 0.353. The Kier molecular flexibility index (Phi) is 4.81. The molecular formula is C17H22N2O2. The minimum atomic E-state index is -0.370. The molecule has 1 unspecified atom stereocenters. The number of amides is 1. The number of carbonyl (C=O) groups is 1. The SMILES string of the molecule is CCC(C)(CCO)NC(=O)c1ccc(-n2cccc2)cc1. The molecular weight excluding hydrogens is 264 g/mol. The van der Waals surface area contributed by atoms with Crippen LogP contribution in [0.4, 0.5) is 0 Å². The van der Waals surface area contributed by atoms with Crippen LogP contribution in [0, 0.1) is 0 Å². The normalized spacial score (nSPS) is 13.7. The topological polar surface area (TPSA) is 54.3 Å². The number of nitrogens with one attached hydrogen (secondary N) is 1. The van der Waals surface area contributed by atoms with Crippen LogP contribution in [0.15, 0.2) is 48.8 Å². The highest BCUT2D eigenvalue weighted by Crippen LogP contribution is 2.16. The Hall–Kier alpha value is -2.07. The van der Waals surface area contributed by atoms with Gasteiger partial charge in [-0.05, 0) is 56.2 Å². The molecule has 4 nitrogen and oxygen atoms in total. The largest absolute Gasteiger partial charge is 0.396 e. The van der Waals surface area contributed by atoms with Gasteiger partial charge in [-0.3, -0.25) is 4.79 Å². The lowest BCUT2D eigenvalue weighted by Crippen LogP contribution is -2.46. The lowest BCUT2D eigenvalue weighted by atomic mass is 9.94. The summed E-state index contributed by atoms with van der Waals surface area (Å²) in [4.78, 5) is 12.3. The van der Waals surface area contributed by atoms with Crippen molar-refractivity contribution in [3.8, 4) is 5.69 Å². The number of rotatable bonds is 6. The molecule has 0 radical (unpaired) electrons. The molecule has 0 aliphatic carbocycles. The summed E-state index contributed by atoms with van der Waals surface area (Å²) in [6.45, 7) is 4.03. The van der Waals surface area contributed by atoms with Gasteiger partial charge in [-0.2, -0.15) is 0 Å². The summed E-state index contributed by atoms with van der Waals surface area (Å²) in [5.74, 6) is -0.105. The second kappa shape index (κ2) is 6.59. The minimum absolute atomic E-state index is 0.0667. The molecule has 0 aliphatic rings. The molecule has 1 amide bonds. The van der Waals surface area contributed by atoms with E-state index in [1.807, 2.05) is 67.2 Å². The van der Waals surface area contributed by atoms with E-state index in [1.54, 1.807) is 0 Å². The van der Waals surface area contributed by atoms with E-state index in [9.17, 15) is 4.79 Å². The van der Waals surface area contributed by atoms with Crippen molar-refractivity contribution in [2.75, 3.05) is 6.61 Å². The first kappa shape index (κ1) is 15.3. The van der Waals surface area contributed by atoms with Gasteiger partial charge in [0.25, 0.3) is 5.91 Å². The first-order chi connectivity index (χ1) is 10.1. The van der Waals surface area contributed by atoms with E-state index in [0.29, 0.717) is 12.0 Å². The molecule has 1 aromatic heterocycles. The Morgan fingerprint density at radius 2 is 1.86 bits per heavy atom. The summed E-state index contributed by atoms with van der Waals surface area (Å²) >= 11 is 0. The Morgan fingerprint density at radius 3 is 2.38 bits per heavy atom. The summed E-state index contributed by atoms with van der Waals surface area (Å²) in [5, 5.41) is 12.1. The molecule has 4 heteroatoms. The zero-order valence-electron chi connectivity index (χ0n) is 12.5. The van der Waals surface area contributed by atoms with E-state index in [4.69, 9.17) is 5.11 Å². The maximum Gasteiger partial charge on any atom is 0.251 e. The predicted molar refractivity (Wildman–Crippen MR) is 83.6 cm³/mol. The minimum Gasteiger partial charge on any atom is -0.396 e. The van der Waals surface area contributed by atoms with Crippen molar-refractivity contribution in [2.45, 2.75) is 32.2 Å². The highest BCUT2D eigenvalue weighted by molar-refractivity contribution is 5.94. The molecule has 0 saturated heterocycles. The highest BCUT2D eigenvalue weighted by atomic mass is 16.3. The summed E-state index contributed by atoms with van der Waals surface area (Å²) in [6.07, 6.45) is 5.26. The number of hydrogen-bond acceptors (Lipinski definition) is 2. The van der Waals surface area contributed by atoms with E-state index in [-0.39, 0.29) is 18.1 Å². The van der Waals surface area contributed by atoms with Gasteiger partial charge < -0.3 is 15.0 Å². The fourth-order valence-corrected chi connectivity index (χ4v) is 2.21. The second-order valence-electron chi connectivity index (χ2n) is 5.48. The first-order valence-corrected chi connectivity index (χ1v) is 7.25. The van der Waals surface area contributed by atoms with Crippen LogP contribution >= 0.6 is 0 Å². The number of aliphatic hydroxyl groups excluding tert-OH is 1. The third kappa shape index (κ3) is 3.73. The monoisotopic (exact) mass is 286 g/mol. The molecule has 0 fully saturated rings. The van der Waals surface area contributed by atoms with Crippen LogP contribution in [-0.2, 0) is 0 Å². The van der Waals surface area contributed by atoms with Crippen LogP contribution in [0.2, 0.25) is 0 Å². The van der Waals surface area contributed by atoms with Gasteiger partial charge in [-0.25, -0.2) is 0 Å². The smallest absolute Gasteiger partial charge is 0.251 e. The van der Waals surface area contributed by atoms with Crippen molar-refractivity contribution in [1.29, 1.82) is 0 Å². The second-order valence-corrected chi connectivity index (χ2v) is 5.48. The molecule has 21 heavy (non-hydrogen) atoms. The summed E-state index contributed by atoms with van der Waals surface area (Å²) < 4.78 is 1.99. The standard InChI is InChI=1S/C17H22N2O2/c1-3-17(2,10-13-20)18-16(21)14-6-8-15(9-7-14)19-11-4-5-12-19/h4-9,11-12,20H,3,10,13H2,1-2H3,(H,18,21). The zero-order valence-corrected chi connectivity index (χ0v) is 12.5. The van der Waals surface area contributed by atoms with Crippen LogP contribution in [0.3, 0.4) is 0 Å². The molecule has 1 heterocycles. The van der Waals surface area contributed by atoms with Crippen LogP contribution < -0.4 is 5.32 Å². The zero-order chi connectivity index (χ0) is 15.3. The van der Waals surface area contributed by atoms with Crippen molar-refractivity contribution in [3.63, 3.8) is 0 Å². The number of benzene rings is 1. The van der Waals surface area contributed by atoms with Crippen molar-refractivity contribution in [1.82, 2.24) is 9.88 Å². The van der Waals surface area contributed by atoms with Gasteiger partial charge in [0.2, 0.25) is 0 Å². The van der Waals surface area contributed by atoms with Gasteiger partial charge in [0.1, 0.15) is 0 Å². The molecule has 2 aromatic rings. The van der Waals surface area contributed by atoms with Gasteiger partial charge in [0.15, 0.2) is 0 Å². The molecule has 1 atom stereocenters. The summed E-state index contributed by atoms with van der Waals surface area (Å²) in [5.41, 5.74) is 1.28. The number of nitrogens with zero attached hydrogens (tertiary/aromatic N) is 1. The average Bonchev–Trinajstić information content (AvgIpc) is 3.02. The van der Waals surface area contributed by atoms with Gasteiger partial charge >= 0.3 is 0 Å². The average molecular weight is 286 g/mol. The van der Waals surface area contributed by atoms with Crippen LogP contribution in [-0.4, -0.2) is 27.7 Å². The van der Waals surface area contributed by atoms with Gasteiger partial charge in [0.05, 0.1) is 0 Å². The Balaban J connectivity index is 2.10. The van der Waals surface area contributed by atoms with Gasteiger partial charge in [-0.15, -0.1) is 0 Å². The van der Waals surface area contributed by atoms with Crippen molar-refractivity contribution >= 4 is 5.91 Å².